The normalized spacial score (nSPS) is 16.0. The highest BCUT2D eigenvalue weighted by atomic mass is 16.5. The minimum Gasteiger partial charge on any atom is -0.491 e. The van der Waals surface area contributed by atoms with E-state index in [4.69, 9.17) is 9.47 Å². The van der Waals surface area contributed by atoms with Crippen LogP contribution in [-0.4, -0.2) is 62.4 Å². The van der Waals surface area contributed by atoms with Crippen molar-refractivity contribution in [3.05, 3.63) is 48.0 Å². The van der Waals surface area contributed by atoms with Crippen molar-refractivity contribution in [2.45, 2.75) is 26.7 Å². The summed E-state index contributed by atoms with van der Waals surface area (Å²) in [6.45, 7) is 12.0. The zero-order valence-corrected chi connectivity index (χ0v) is 19.4. The summed E-state index contributed by atoms with van der Waals surface area (Å²) in [7, 11) is 0. The number of fused-ring (bicyclic) bond motifs is 1. The van der Waals surface area contributed by atoms with Gasteiger partial charge in [-0.25, -0.2) is 0 Å². The highest BCUT2D eigenvalue weighted by molar-refractivity contribution is 5.67. The van der Waals surface area contributed by atoms with Gasteiger partial charge in [0.2, 0.25) is 5.88 Å². The first kappa shape index (κ1) is 22.5. The first-order chi connectivity index (χ1) is 15.7. The Labute approximate surface area is 192 Å². The van der Waals surface area contributed by atoms with E-state index in [1.807, 2.05) is 6.07 Å². The van der Waals surface area contributed by atoms with Gasteiger partial charge in [0, 0.05) is 44.4 Å². The number of para-hydroxylation sites is 2. The average Bonchev–Trinajstić information content (AvgIpc) is 2.83. The maximum Gasteiger partial charge on any atom is 0.215 e. The lowest BCUT2D eigenvalue weighted by Crippen LogP contribution is -2.46. The lowest BCUT2D eigenvalue weighted by atomic mass is 10.2. The molecule has 0 atom stereocenters. The molecular formula is C26H36N4O2. The van der Waals surface area contributed by atoms with Crippen molar-refractivity contribution in [1.82, 2.24) is 9.88 Å². The van der Waals surface area contributed by atoms with Gasteiger partial charge in [-0.1, -0.05) is 38.1 Å². The van der Waals surface area contributed by atoms with Gasteiger partial charge in [0.1, 0.15) is 11.6 Å². The third-order valence-corrected chi connectivity index (χ3v) is 5.85. The second-order valence-electron chi connectivity index (χ2n) is 8.93. The minimum absolute atomic E-state index is 0.528. The number of rotatable bonds is 10. The molecule has 0 radical (unpaired) electrons. The zero-order valence-electron chi connectivity index (χ0n) is 19.4. The Morgan fingerprint density at radius 2 is 1.84 bits per heavy atom. The molecule has 3 heterocycles. The van der Waals surface area contributed by atoms with E-state index in [0.29, 0.717) is 18.4 Å². The van der Waals surface area contributed by atoms with Gasteiger partial charge in [-0.05, 0) is 43.5 Å². The fourth-order valence-electron chi connectivity index (χ4n) is 4.07. The molecule has 1 fully saturated rings. The third-order valence-electron chi connectivity index (χ3n) is 5.85. The van der Waals surface area contributed by atoms with E-state index < -0.39 is 0 Å². The standard InChI is InChI=1S/C26H36N4O2/c1-21(2)20-32-24-10-4-3-9-23(24)30-17-15-29(16-18-30)14-5-6-19-31-25-12-11-22-8-7-13-27-26(22)28-25/h3-4,7-12,21H,5-6,13-20H2,1-2H3,(H,27,28). The number of unbranched alkanes of at least 4 members (excludes halogenated alkanes) is 1. The number of hydrogen-bond donors (Lipinski definition) is 1. The molecular weight excluding hydrogens is 400 g/mol. The highest BCUT2D eigenvalue weighted by Gasteiger charge is 2.19. The van der Waals surface area contributed by atoms with Gasteiger partial charge in [-0.2, -0.15) is 4.98 Å². The molecule has 2 aliphatic heterocycles. The van der Waals surface area contributed by atoms with Crippen LogP contribution in [0.25, 0.3) is 6.08 Å². The maximum atomic E-state index is 6.06. The van der Waals surface area contributed by atoms with Crippen LogP contribution in [0.15, 0.2) is 42.5 Å². The van der Waals surface area contributed by atoms with Crippen LogP contribution in [0.2, 0.25) is 0 Å². The second kappa shape index (κ2) is 11.2. The van der Waals surface area contributed by atoms with Crippen LogP contribution in [0, 0.1) is 5.92 Å². The Morgan fingerprint density at radius 1 is 1.00 bits per heavy atom. The van der Waals surface area contributed by atoms with Crippen molar-refractivity contribution in [3.8, 4) is 11.6 Å². The summed E-state index contributed by atoms with van der Waals surface area (Å²) in [6, 6.07) is 12.5. The van der Waals surface area contributed by atoms with Crippen LogP contribution < -0.4 is 19.7 Å². The number of benzene rings is 1. The molecule has 2 aliphatic rings. The van der Waals surface area contributed by atoms with E-state index in [9.17, 15) is 0 Å². The number of ether oxygens (including phenoxy) is 2. The molecule has 2 aromatic rings. The predicted octanol–water partition coefficient (Wildman–Crippen LogP) is 4.54. The van der Waals surface area contributed by atoms with Crippen molar-refractivity contribution in [2.24, 2.45) is 5.92 Å². The Morgan fingerprint density at radius 3 is 2.69 bits per heavy atom. The fraction of sp³-hybridized carbons (Fsp3) is 0.500. The summed E-state index contributed by atoms with van der Waals surface area (Å²) < 4.78 is 11.9. The lowest BCUT2D eigenvalue weighted by Gasteiger charge is -2.36. The molecule has 4 rings (SSSR count). The number of nitrogens with one attached hydrogen (secondary N) is 1. The SMILES string of the molecule is CC(C)COc1ccccc1N1CCN(CCCCOc2ccc3c(n2)NCC=C3)CC1. The molecule has 1 aromatic heterocycles. The number of aromatic nitrogens is 1. The molecule has 172 valence electrons. The Balaban J connectivity index is 1.15. The van der Waals surface area contributed by atoms with Gasteiger partial charge in [0.15, 0.2) is 0 Å². The molecule has 1 aromatic carbocycles. The first-order valence-corrected chi connectivity index (χ1v) is 11.9. The van der Waals surface area contributed by atoms with E-state index in [1.165, 1.54) is 5.69 Å². The van der Waals surface area contributed by atoms with Crippen LogP contribution in [0.1, 0.15) is 32.3 Å². The monoisotopic (exact) mass is 436 g/mol. The molecule has 32 heavy (non-hydrogen) atoms. The number of anilines is 2. The topological polar surface area (TPSA) is 49.9 Å². The Bertz CT molecular complexity index is 891. The molecule has 0 aliphatic carbocycles. The van der Waals surface area contributed by atoms with Crippen molar-refractivity contribution < 1.29 is 9.47 Å². The first-order valence-electron chi connectivity index (χ1n) is 11.9. The Kier molecular flexibility index (Phi) is 7.88. The maximum absolute atomic E-state index is 6.06. The molecule has 6 heteroatoms. The molecule has 0 bridgehead atoms. The quantitative estimate of drug-likeness (QED) is 0.552. The molecule has 0 unspecified atom stereocenters. The number of pyridine rings is 1. The summed E-state index contributed by atoms with van der Waals surface area (Å²) in [4.78, 5) is 9.57. The minimum atomic E-state index is 0.528. The largest absolute Gasteiger partial charge is 0.491 e. The zero-order chi connectivity index (χ0) is 22.2. The molecule has 0 spiro atoms. The van der Waals surface area contributed by atoms with Crippen molar-refractivity contribution >= 4 is 17.6 Å². The van der Waals surface area contributed by atoms with Crippen LogP contribution in [0.5, 0.6) is 11.6 Å². The second-order valence-corrected chi connectivity index (χ2v) is 8.93. The fourth-order valence-corrected chi connectivity index (χ4v) is 4.07. The summed E-state index contributed by atoms with van der Waals surface area (Å²) in [5, 5.41) is 3.28. The lowest BCUT2D eigenvalue weighted by molar-refractivity contribution is 0.234. The molecule has 0 saturated carbocycles. The van der Waals surface area contributed by atoms with Crippen LogP contribution >= 0.6 is 0 Å². The summed E-state index contributed by atoms with van der Waals surface area (Å²) in [6.07, 6.45) is 6.38. The van der Waals surface area contributed by atoms with E-state index >= 15 is 0 Å². The van der Waals surface area contributed by atoms with Crippen LogP contribution in [0.4, 0.5) is 11.5 Å². The van der Waals surface area contributed by atoms with E-state index in [-0.39, 0.29) is 0 Å². The van der Waals surface area contributed by atoms with Gasteiger partial charge < -0.3 is 19.7 Å². The van der Waals surface area contributed by atoms with E-state index in [2.05, 4.69) is 76.4 Å². The molecule has 6 nitrogen and oxygen atoms in total. The van der Waals surface area contributed by atoms with Gasteiger partial charge in [0.05, 0.1) is 18.9 Å². The molecule has 1 N–H and O–H groups in total. The predicted molar refractivity (Wildman–Crippen MR) is 132 cm³/mol. The summed E-state index contributed by atoms with van der Waals surface area (Å²) in [5.41, 5.74) is 2.35. The van der Waals surface area contributed by atoms with Crippen molar-refractivity contribution in [3.63, 3.8) is 0 Å². The van der Waals surface area contributed by atoms with Gasteiger partial charge in [-0.15, -0.1) is 0 Å². The summed E-state index contributed by atoms with van der Waals surface area (Å²) >= 11 is 0. The molecule has 0 amide bonds. The van der Waals surface area contributed by atoms with E-state index in [0.717, 1.165) is 75.8 Å². The number of hydrogen-bond acceptors (Lipinski definition) is 6. The van der Waals surface area contributed by atoms with Gasteiger partial charge in [0.25, 0.3) is 0 Å². The summed E-state index contributed by atoms with van der Waals surface area (Å²) in [5.74, 6) is 3.16. The van der Waals surface area contributed by atoms with Crippen LogP contribution in [-0.2, 0) is 0 Å². The Hall–Kier alpha value is -2.73. The van der Waals surface area contributed by atoms with E-state index in [1.54, 1.807) is 0 Å². The number of nitrogens with zero attached hydrogens (tertiary/aromatic N) is 3. The smallest absolute Gasteiger partial charge is 0.215 e. The molecule has 1 saturated heterocycles. The average molecular weight is 437 g/mol. The van der Waals surface area contributed by atoms with Gasteiger partial charge in [-0.3, -0.25) is 4.90 Å². The number of piperazine rings is 1. The van der Waals surface area contributed by atoms with Crippen molar-refractivity contribution in [2.75, 3.05) is 62.7 Å². The van der Waals surface area contributed by atoms with Crippen molar-refractivity contribution in [1.29, 1.82) is 0 Å². The van der Waals surface area contributed by atoms with Gasteiger partial charge >= 0.3 is 0 Å². The van der Waals surface area contributed by atoms with Crippen LogP contribution in [0.3, 0.4) is 0 Å². The highest BCUT2D eigenvalue weighted by Crippen LogP contribution is 2.29. The third kappa shape index (κ3) is 6.16.